The van der Waals surface area contributed by atoms with Crippen molar-refractivity contribution in [2.45, 2.75) is 39.0 Å². The van der Waals surface area contributed by atoms with Gasteiger partial charge in [-0.3, -0.25) is 4.79 Å². The molecular weight excluding hydrogens is 222 g/mol. The summed E-state index contributed by atoms with van der Waals surface area (Å²) >= 11 is 0. The van der Waals surface area contributed by atoms with Gasteiger partial charge in [0.25, 0.3) is 0 Å². The number of carboxylic acids is 1. The topological polar surface area (TPSA) is 75.6 Å². The van der Waals surface area contributed by atoms with Crippen molar-refractivity contribution in [1.29, 1.82) is 0 Å². The standard InChI is InChI=1S/C12H21NO4/c1-2-12(5-3-4-6-12)9-13-10(14)7-17-8-11(15)16/h2-9H2,1H3,(H,13,14)(H,15,16). The summed E-state index contributed by atoms with van der Waals surface area (Å²) in [6, 6.07) is 0. The van der Waals surface area contributed by atoms with Crippen LogP contribution in [0.25, 0.3) is 0 Å². The first kappa shape index (κ1) is 14.0. The van der Waals surface area contributed by atoms with Crippen molar-refractivity contribution in [3.8, 4) is 0 Å². The number of hydrogen-bond acceptors (Lipinski definition) is 3. The largest absolute Gasteiger partial charge is 0.480 e. The number of aliphatic carboxylic acids is 1. The van der Waals surface area contributed by atoms with E-state index in [1.165, 1.54) is 25.7 Å². The molecule has 0 bridgehead atoms. The Kier molecular flexibility index (Phi) is 5.41. The molecular formula is C12H21NO4. The van der Waals surface area contributed by atoms with E-state index < -0.39 is 12.6 Å². The highest BCUT2D eigenvalue weighted by Gasteiger charge is 2.32. The quantitative estimate of drug-likeness (QED) is 0.704. The monoisotopic (exact) mass is 243 g/mol. The second-order valence-corrected chi connectivity index (χ2v) is 4.72. The van der Waals surface area contributed by atoms with Crippen molar-refractivity contribution < 1.29 is 19.4 Å². The number of amides is 1. The van der Waals surface area contributed by atoms with Crippen molar-refractivity contribution in [1.82, 2.24) is 5.32 Å². The summed E-state index contributed by atoms with van der Waals surface area (Å²) in [5, 5.41) is 11.2. The van der Waals surface area contributed by atoms with Crippen LogP contribution in [0.3, 0.4) is 0 Å². The van der Waals surface area contributed by atoms with Gasteiger partial charge < -0.3 is 15.2 Å². The van der Waals surface area contributed by atoms with Crippen LogP contribution in [0.5, 0.6) is 0 Å². The zero-order chi connectivity index (χ0) is 12.7. The molecule has 0 aromatic rings. The lowest BCUT2D eigenvalue weighted by molar-refractivity contribution is -0.143. The molecule has 1 amide bonds. The van der Waals surface area contributed by atoms with Crippen LogP contribution in [0.2, 0.25) is 0 Å². The molecule has 1 rings (SSSR count). The van der Waals surface area contributed by atoms with Crippen LogP contribution < -0.4 is 5.32 Å². The van der Waals surface area contributed by atoms with E-state index >= 15 is 0 Å². The first-order valence-electron chi connectivity index (χ1n) is 6.14. The van der Waals surface area contributed by atoms with Crippen LogP contribution in [-0.2, 0) is 14.3 Å². The van der Waals surface area contributed by atoms with Gasteiger partial charge in [-0.25, -0.2) is 4.79 Å². The third-order valence-electron chi connectivity index (χ3n) is 3.53. The highest BCUT2D eigenvalue weighted by molar-refractivity contribution is 5.77. The van der Waals surface area contributed by atoms with Gasteiger partial charge in [-0.1, -0.05) is 19.8 Å². The van der Waals surface area contributed by atoms with Crippen molar-refractivity contribution in [2.24, 2.45) is 5.41 Å². The fraction of sp³-hybridized carbons (Fsp3) is 0.833. The zero-order valence-corrected chi connectivity index (χ0v) is 10.3. The van der Waals surface area contributed by atoms with Gasteiger partial charge >= 0.3 is 5.97 Å². The van der Waals surface area contributed by atoms with Gasteiger partial charge in [-0.2, -0.15) is 0 Å². The van der Waals surface area contributed by atoms with Gasteiger partial charge in [-0.05, 0) is 24.7 Å². The van der Waals surface area contributed by atoms with Gasteiger partial charge in [0.2, 0.25) is 5.91 Å². The molecule has 0 aromatic carbocycles. The predicted molar refractivity (Wildman–Crippen MR) is 62.7 cm³/mol. The second-order valence-electron chi connectivity index (χ2n) is 4.72. The molecule has 0 aliphatic heterocycles. The maximum atomic E-state index is 11.4. The Hall–Kier alpha value is -1.10. The molecule has 0 heterocycles. The number of hydrogen-bond donors (Lipinski definition) is 2. The molecule has 5 heteroatoms. The third-order valence-corrected chi connectivity index (χ3v) is 3.53. The molecule has 0 unspecified atom stereocenters. The van der Waals surface area contributed by atoms with Gasteiger partial charge in [0.1, 0.15) is 13.2 Å². The highest BCUT2D eigenvalue weighted by atomic mass is 16.5. The molecule has 0 radical (unpaired) electrons. The van der Waals surface area contributed by atoms with Gasteiger partial charge in [0, 0.05) is 6.54 Å². The molecule has 1 aliphatic rings. The van der Waals surface area contributed by atoms with E-state index in [1.807, 2.05) is 0 Å². The molecule has 5 nitrogen and oxygen atoms in total. The molecule has 1 fully saturated rings. The minimum Gasteiger partial charge on any atom is -0.480 e. The van der Waals surface area contributed by atoms with E-state index in [0.29, 0.717) is 6.54 Å². The summed E-state index contributed by atoms with van der Waals surface area (Å²) in [5.41, 5.74) is 0.252. The normalized spacial score (nSPS) is 17.9. The first-order chi connectivity index (χ1) is 8.08. The number of nitrogens with one attached hydrogen (secondary N) is 1. The fourth-order valence-electron chi connectivity index (χ4n) is 2.35. The Morgan fingerprint density at radius 1 is 1.29 bits per heavy atom. The minimum absolute atomic E-state index is 0.175. The van der Waals surface area contributed by atoms with Crippen molar-refractivity contribution in [3.05, 3.63) is 0 Å². The highest BCUT2D eigenvalue weighted by Crippen LogP contribution is 2.40. The number of carbonyl (C=O) groups is 2. The van der Waals surface area contributed by atoms with Crippen LogP contribution in [0.15, 0.2) is 0 Å². The van der Waals surface area contributed by atoms with E-state index in [-0.39, 0.29) is 17.9 Å². The molecule has 98 valence electrons. The predicted octanol–water partition coefficient (Wildman–Crippen LogP) is 1.17. The average Bonchev–Trinajstić information content (AvgIpc) is 2.75. The Morgan fingerprint density at radius 3 is 2.47 bits per heavy atom. The van der Waals surface area contributed by atoms with E-state index in [0.717, 1.165) is 6.42 Å². The van der Waals surface area contributed by atoms with E-state index in [1.54, 1.807) is 0 Å². The van der Waals surface area contributed by atoms with Gasteiger partial charge in [-0.15, -0.1) is 0 Å². The van der Waals surface area contributed by atoms with Crippen molar-refractivity contribution in [2.75, 3.05) is 19.8 Å². The number of carbonyl (C=O) groups excluding carboxylic acids is 1. The van der Waals surface area contributed by atoms with Gasteiger partial charge in [0.15, 0.2) is 0 Å². The Balaban J connectivity index is 2.20. The summed E-state index contributed by atoms with van der Waals surface area (Å²) in [7, 11) is 0. The molecule has 0 spiro atoms. The molecule has 1 aliphatic carbocycles. The van der Waals surface area contributed by atoms with E-state index in [2.05, 4.69) is 12.2 Å². The van der Waals surface area contributed by atoms with Gasteiger partial charge in [0.05, 0.1) is 0 Å². The Labute approximate surface area is 102 Å². The van der Waals surface area contributed by atoms with Crippen LogP contribution in [0, 0.1) is 5.41 Å². The summed E-state index contributed by atoms with van der Waals surface area (Å²) in [5.74, 6) is -1.29. The number of ether oxygens (including phenoxy) is 1. The summed E-state index contributed by atoms with van der Waals surface area (Å²) < 4.78 is 4.73. The molecule has 0 saturated heterocycles. The van der Waals surface area contributed by atoms with E-state index in [4.69, 9.17) is 9.84 Å². The van der Waals surface area contributed by atoms with E-state index in [9.17, 15) is 9.59 Å². The zero-order valence-electron chi connectivity index (χ0n) is 10.3. The Morgan fingerprint density at radius 2 is 1.94 bits per heavy atom. The molecule has 2 N–H and O–H groups in total. The number of carboxylic acid groups (broad SMARTS) is 1. The van der Waals surface area contributed by atoms with Crippen molar-refractivity contribution in [3.63, 3.8) is 0 Å². The summed E-state index contributed by atoms with van der Waals surface area (Å²) in [6.07, 6.45) is 5.88. The number of rotatable bonds is 7. The average molecular weight is 243 g/mol. The smallest absolute Gasteiger partial charge is 0.329 e. The van der Waals surface area contributed by atoms with Crippen LogP contribution in [0.1, 0.15) is 39.0 Å². The lowest BCUT2D eigenvalue weighted by atomic mass is 9.83. The lowest BCUT2D eigenvalue weighted by Crippen LogP contribution is -2.37. The maximum absolute atomic E-state index is 11.4. The second kappa shape index (κ2) is 6.59. The van der Waals surface area contributed by atoms with Crippen LogP contribution in [-0.4, -0.2) is 36.7 Å². The molecule has 1 saturated carbocycles. The third kappa shape index (κ3) is 4.73. The minimum atomic E-state index is -1.06. The molecule has 0 atom stereocenters. The Bertz CT molecular complexity index is 272. The first-order valence-corrected chi connectivity index (χ1v) is 6.14. The van der Waals surface area contributed by atoms with Crippen molar-refractivity contribution >= 4 is 11.9 Å². The van der Waals surface area contributed by atoms with Crippen LogP contribution >= 0.6 is 0 Å². The molecule has 0 aromatic heterocycles. The summed E-state index contributed by atoms with van der Waals surface area (Å²) in [6.45, 7) is 2.23. The summed E-state index contributed by atoms with van der Waals surface area (Å²) in [4.78, 5) is 21.6. The maximum Gasteiger partial charge on any atom is 0.329 e. The molecule has 17 heavy (non-hydrogen) atoms. The fourth-order valence-corrected chi connectivity index (χ4v) is 2.35. The lowest BCUT2D eigenvalue weighted by Gasteiger charge is -2.27. The van der Waals surface area contributed by atoms with Crippen LogP contribution in [0.4, 0.5) is 0 Å². The SMILES string of the molecule is CCC1(CNC(=O)COCC(=O)O)CCCC1.